The van der Waals surface area contributed by atoms with Crippen LogP contribution in [0.1, 0.15) is 18.7 Å². The minimum absolute atomic E-state index is 0.0194. The van der Waals surface area contributed by atoms with Crippen molar-refractivity contribution < 1.29 is 18.9 Å². The number of ketones is 1. The quantitative estimate of drug-likeness (QED) is 0.655. The van der Waals surface area contributed by atoms with Crippen molar-refractivity contribution in [3.8, 4) is 11.3 Å². The van der Waals surface area contributed by atoms with Gasteiger partial charge in [-0.3, -0.25) is 14.9 Å². The van der Waals surface area contributed by atoms with Crippen LogP contribution in [0.25, 0.3) is 11.3 Å². The molecule has 0 aliphatic carbocycles. The largest absolute Gasteiger partial charge is 0.459 e. The Morgan fingerprint density at radius 1 is 1.24 bits per heavy atom. The number of Topliss-reactive ketones (excluding diaryl/α,β-unsaturated/α-hetero) is 1. The molecule has 3 rings (SSSR count). The van der Waals surface area contributed by atoms with Crippen LogP contribution in [0.3, 0.4) is 0 Å². The molecule has 2 heterocycles. The second-order valence-corrected chi connectivity index (χ2v) is 5.70. The fourth-order valence-corrected chi connectivity index (χ4v) is 2.82. The van der Waals surface area contributed by atoms with E-state index in [2.05, 4.69) is 17.2 Å². The summed E-state index contributed by atoms with van der Waals surface area (Å²) in [6, 6.07) is 8.13. The summed E-state index contributed by atoms with van der Waals surface area (Å²) in [5.41, 5.74) is 0.943. The highest BCUT2D eigenvalue weighted by molar-refractivity contribution is 5.87. The Hall–Kier alpha value is -3.42. The maximum Gasteiger partial charge on any atom is 0.319 e. The molecule has 2 amide bonds. The number of non-ortho nitro benzene ring substituents is 1. The Morgan fingerprint density at radius 2 is 1.92 bits per heavy atom. The number of hydrogen-bond acceptors (Lipinski definition) is 5. The number of benzene rings is 1. The zero-order valence-electron chi connectivity index (χ0n) is 13.3. The number of urea groups is 1. The normalized spacial score (nSPS) is 19.9. The van der Waals surface area contributed by atoms with Crippen LogP contribution in [0, 0.1) is 16.0 Å². The molecule has 2 aromatic rings. The van der Waals surface area contributed by atoms with E-state index in [0.29, 0.717) is 22.8 Å². The average Bonchev–Trinajstić information content (AvgIpc) is 3.03. The van der Waals surface area contributed by atoms with Gasteiger partial charge in [0.15, 0.2) is 0 Å². The first kappa shape index (κ1) is 16.4. The second kappa shape index (κ2) is 6.23. The van der Waals surface area contributed by atoms with Gasteiger partial charge in [0, 0.05) is 23.4 Å². The summed E-state index contributed by atoms with van der Waals surface area (Å²) in [7, 11) is 0. The summed E-state index contributed by atoms with van der Waals surface area (Å²) in [6.45, 7) is 5.15. The van der Waals surface area contributed by atoms with E-state index in [1.165, 1.54) is 19.1 Å². The molecular weight excluding hydrogens is 326 g/mol. The van der Waals surface area contributed by atoms with E-state index in [-0.39, 0.29) is 11.5 Å². The molecule has 2 atom stereocenters. The number of nitrogens with zero attached hydrogens (tertiary/aromatic N) is 1. The summed E-state index contributed by atoms with van der Waals surface area (Å²) in [6.07, 6.45) is 0. The van der Waals surface area contributed by atoms with E-state index in [9.17, 15) is 19.7 Å². The Kier molecular flexibility index (Phi) is 4.10. The Balaban J connectivity index is 1.91. The summed E-state index contributed by atoms with van der Waals surface area (Å²) in [4.78, 5) is 33.9. The van der Waals surface area contributed by atoms with Gasteiger partial charge in [0.25, 0.3) is 5.69 Å². The number of amides is 2. The SMILES string of the molecule is C=C1NC(=O)NC(c2ccc(-c3ccc([N+](=O)[O-])cc3)o2)C1C(C)=O. The van der Waals surface area contributed by atoms with Crippen molar-refractivity contribution in [1.29, 1.82) is 0 Å². The van der Waals surface area contributed by atoms with Crippen LogP contribution >= 0.6 is 0 Å². The Morgan fingerprint density at radius 3 is 2.52 bits per heavy atom. The first-order valence-corrected chi connectivity index (χ1v) is 7.48. The lowest BCUT2D eigenvalue weighted by Gasteiger charge is -2.31. The lowest BCUT2D eigenvalue weighted by Crippen LogP contribution is -2.50. The van der Waals surface area contributed by atoms with Gasteiger partial charge in [0.1, 0.15) is 23.3 Å². The zero-order chi connectivity index (χ0) is 18.1. The summed E-state index contributed by atoms with van der Waals surface area (Å²) < 4.78 is 5.78. The van der Waals surface area contributed by atoms with Gasteiger partial charge in [-0.05, 0) is 31.2 Å². The molecule has 8 heteroatoms. The molecule has 0 saturated carbocycles. The van der Waals surface area contributed by atoms with Gasteiger partial charge in [-0.15, -0.1) is 0 Å². The summed E-state index contributed by atoms with van der Waals surface area (Å²) in [5, 5.41) is 15.9. The van der Waals surface area contributed by atoms with Crippen LogP contribution in [0.15, 0.2) is 53.1 Å². The smallest absolute Gasteiger partial charge is 0.319 e. The number of nitro benzene ring substituents is 1. The van der Waals surface area contributed by atoms with Crippen molar-refractivity contribution in [3.05, 3.63) is 64.5 Å². The number of hydrogen-bond donors (Lipinski definition) is 2. The second-order valence-electron chi connectivity index (χ2n) is 5.70. The van der Waals surface area contributed by atoms with Gasteiger partial charge in [-0.1, -0.05) is 6.58 Å². The molecular formula is C17H15N3O5. The average molecular weight is 341 g/mol. The van der Waals surface area contributed by atoms with E-state index in [1.54, 1.807) is 24.3 Å². The van der Waals surface area contributed by atoms with Crippen molar-refractivity contribution in [1.82, 2.24) is 10.6 Å². The summed E-state index contributed by atoms with van der Waals surface area (Å²) in [5.74, 6) is 0.0829. The molecule has 1 aromatic carbocycles. The molecule has 25 heavy (non-hydrogen) atoms. The highest BCUT2D eigenvalue weighted by atomic mass is 16.6. The molecule has 1 aliphatic rings. The van der Waals surface area contributed by atoms with Crippen LogP contribution in [-0.4, -0.2) is 16.7 Å². The highest BCUT2D eigenvalue weighted by Gasteiger charge is 2.37. The van der Waals surface area contributed by atoms with Crippen LogP contribution in [0.2, 0.25) is 0 Å². The molecule has 1 saturated heterocycles. The Labute approximate surface area is 142 Å². The standard InChI is InChI=1S/C17H15N3O5/c1-9-15(10(2)21)16(19-17(22)18-9)14-8-7-13(25-14)11-3-5-12(6-4-11)20(23)24/h3-8,15-16H,1H2,2H3,(H2,18,19,22). The molecule has 0 radical (unpaired) electrons. The topological polar surface area (TPSA) is 114 Å². The fraction of sp³-hybridized carbons (Fsp3) is 0.176. The van der Waals surface area contributed by atoms with E-state index in [1.807, 2.05) is 0 Å². The van der Waals surface area contributed by atoms with Crippen molar-refractivity contribution in [2.75, 3.05) is 0 Å². The maximum absolute atomic E-state index is 11.9. The molecule has 8 nitrogen and oxygen atoms in total. The van der Waals surface area contributed by atoms with Gasteiger partial charge in [0.05, 0.1) is 10.8 Å². The molecule has 2 N–H and O–H groups in total. The van der Waals surface area contributed by atoms with Gasteiger partial charge in [0.2, 0.25) is 0 Å². The molecule has 1 aromatic heterocycles. The molecule has 128 valence electrons. The van der Waals surface area contributed by atoms with Crippen molar-refractivity contribution in [2.45, 2.75) is 13.0 Å². The number of nitro groups is 1. The van der Waals surface area contributed by atoms with Gasteiger partial charge in [-0.25, -0.2) is 4.79 Å². The van der Waals surface area contributed by atoms with Crippen molar-refractivity contribution >= 4 is 17.5 Å². The number of nitrogens with one attached hydrogen (secondary N) is 2. The molecule has 0 bridgehead atoms. The van der Waals surface area contributed by atoms with Crippen molar-refractivity contribution in [3.63, 3.8) is 0 Å². The molecule has 2 unspecified atom stereocenters. The third-order valence-corrected chi connectivity index (χ3v) is 4.00. The van der Waals surface area contributed by atoms with E-state index in [4.69, 9.17) is 4.42 Å². The molecule has 0 spiro atoms. The third kappa shape index (κ3) is 3.14. The van der Waals surface area contributed by atoms with Gasteiger partial charge in [-0.2, -0.15) is 0 Å². The third-order valence-electron chi connectivity index (χ3n) is 4.00. The van der Waals surface area contributed by atoms with Gasteiger partial charge >= 0.3 is 6.03 Å². The van der Waals surface area contributed by atoms with E-state index < -0.39 is 22.9 Å². The van der Waals surface area contributed by atoms with E-state index in [0.717, 1.165) is 0 Å². The predicted molar refractivity (Wildman–Crippen MR) is 88.5 cm³/mol. The predicted octanol–water partition coefficient (Wildman–Crippen LogP) is 2.93. The first-order valence-electron chi connectivity index (χ1n) is 7.48. The van der Waals surface area contributed by atoms with Crippen LogP contribution < -0.4 is 10.6 Å². The number of carbonyl (C=O) groups is 2. The monoisotopic (exact) mass is 341 g/mol. The van der Waals surface area contributed by atoms with Gasteiger partial charge < -0.3 is 15.1 Å². The number of carbonyl (C=O) groups excluding carboxylic acids is 2. The molecule has 1 fully saturated rings. The lowest BCUT2D eigenvalue weighted by atomic mass is 9.89. The summed E-state index contributed by atoms with van der Waals surface area (Å²) >= 11 is 0. The van der Waals surface area contributed by atoms with Crippen LogP contribution in [0.4, 0.5) is 10.5 Å². The molecule has 1 aliphatic heterocycles. The number of rotatable bonds is 4. The van der Waals surface area contributed by atoms with Crippen LogP contribution in [-0.2, 0) is 4.79 Å². The van der Waals surface area contributed by atoms with E-state index >= 15 is 0 Å². The first-order chi connectivity index (χ1) is 11.9. The maximum atomic E-state index is 11.9. The highest BCUT2D eigenvalue weighted by Crippen LogP contribution is 2.33. The van der Waals surface area contributed by atoms with Crippen molar-refractivity contribution in [2.24, 2.45) is 5.92 Å². The lowest BCUT2D eigenvalue weighted by molar-refractivity contribution is -0.384. The minimum Gasteiger partial charge on any atom is -0.459 e. The fourth-order valence-electron chi connectivity index (χ4n) is 2.82. The van der Waals surface area contributed by atoms with Crippen LogP contribution in [0.5, 0.6) is 0 Å². The minimum atomic E-state index is -0.662. The Bertz CT molecular complexity index is 869. The zero-order valence-corrected chi connectivity index (χ0v) is 13.3. The number of furan rings is 1.